The molecule has 2 heterocycles. The fourth-order valence-electron chi connectivity index (χ4n) is 2.66. The van der Waals surface area contributed by atoms with E-state index < -0.39 is 18.0 Å². The summed E-state index contributed by atoms with van der Waals surface area (Å²) in [7, 11) is 0. The van der Waals surface area contributed by atoms with Crippen molar-refractivity contribution in [3.05, 3.63) is 42.0 Å². The van der Waals surface area contributed by atoms with Gasteiger partial charge in [0.15, 0.2) is 0 Å². The molecule has 0 radical (unpaired) electrons. The van der Waals surface area contributed by atoms with Gasteiger partial charge >= 0.3 is 6.03 Å². The molecule has 1 saturated heterocycles. The number of carbonyl (C=O) groups excluding carboxylic acids is 4. The predicted octanol–water partition coefficient (Wildman–Crippen LogP) is 1.55. The van der Waals surface area contributed by atoms with E-state index in [1.54, 1.807) is 30.3 Å². The molecule has 134 valence electrons. The van der Waals surface area contributed by atoms with Crippen LogP contribution in [0.4, 0.5) is 10.5 Å². The van der Waals surface area contributed by atoms with Crippen LogP contribution >= 0.6 is 0 Å². The van der Waals surface area contributed by atoms with E-state index in [0.29, 0.717) is 12.2 Å². The standard InChI is InChI=1S/C17H17N5O4/c23-14(7-9-22-10-8-15(24)19-17(22)26)18-12-4-2-1-3-11(12)13-5-6-16(25)21-20-13/h1-6,13H,7-10H2,(H,18,23)(H,19,24,26). The van der Waals surface area contributed by atoms with Gasteiger partial charge in [-0.15, -0.1) is 5.11 Å². The SMILES string of the molecule is O=C1C=CC(c2ccccc2NC(=O)CCN2CCC(=O)NC2=O)N=N1. The van der Waals surface area contributed by atoms with Crippen LogP contribution in [0.5, 0.6) is 0 Å². The number of nitrogens with one attached hydrogen (secondary N) is 2. The number of azo groups is 1. The first-order chi connectivity index (χ1) is 12.5. The molecule has 2 aliphatic rings. The number of nitrogens with zero attached hydrogens (tertiary/aromatic N) is 3. The second-order valence-electron chi connectivity index (χ2n) is 5.83. The Balaban J connectivity index is 1.60. The summed E-state index contributed by atoms with van der Waals surface area (Å²) in [4.78, 5) is 47.6. The second kappa shape index (κ2) is 7.68. The van der Waals surface area contributed by atoms with Crippen LogP contribution in [0.3, 0.4) is 0 Å². The van der Waals surface area contributed by atoms with Crippen LogP contribution in [0.25, 0.3) is 0 Å². The lowest BCUT2D eigenvalue weighted by Gasteiger charge is -2.26. The first-order valence-corrected chi connectivity index (χ1v) is 8.13. The summed E-state index contributed by atoms with van der Waals surface area (Å²) in [5.41, 5.74) is 1.29. The van der Waals surface area contributed by atoms with Crippen LogP contribution in [0.1, 0.15) is 24.4 Å². The quantitative estimate of drug-likeness (QED) is 0.832. The highest BCUT2D eigenvalue weighted by Crippen LogP contribution is 2.28. The Labute approximate surface area is 149 Å². The normalized spacial score (nSPS) is 19.5. The molecule has 0 aliphatic carbocycles. The summed E-state index contributed by atoms with van der Waals surface area (Å²) >= 11 is 0. The zero-order valence-corrected chi connectivity index (χ0v) is 13.8. The lowest BCUT2D eigenvalue weighted by Crippen LogP contribution is -2.50. The van der Waals surface area contributed by atoms with Crippen LogP contribution < -0.4 is 10.6 Å². The summed E-state index contributed by atoms with van der Waals surface area (Å²) < 4.78 is 0. The van der Waals surface area contributed by atoms with Crippen molar-refractivity contribution in [1.82, 2.24) is 10.2 Å². The molecule has 3 rings (SSSR count). The van der Waals surface area contributed by atoms with Crippen LogP contribution in [0.15, 0.2) is 46.6 Å². The molecule has 0 bridgehead atoms. The van der Waals surface area contributed by atoms with Crippen molar-refractivity contribution in [1.29, 1.82) is 0 Å². The Kier molecular flexibility index (Phi) is 5.16. The third-order valence-electron chi connectivity index (χ3n) is 4.01. The van der Waals surface area contributed by atoms with Crippen molar-refractivity contribution >= 4 is 29.4 Å². The molecule has 9 nitrogen and oxygen atoms in total. The van der Waals surface area contributed by atoms with Gasteiger partial charge in [-0.1, -0.05) is 18.2 Å². The highest BCUT2D eigenvalue weighted by atomic mass is 16.2. The number of carbonyl (C=O) groups is 4. The van der Waals surface area contributed by atoms with E-state index in [9.17, 15) is 19.2 Å². The van der Waals surface area contributed by atoms with Crippen molar-refractivity contribution in [2.45, 2.75) is 18.9 Å². The summed E-state index contributed by atoms with van der Waals surface area (Å²) in [5.74, 6) is -0.992. The van der Waals surface area contributed by atoms with Crippen LogP contribution in [-0.2, 0) is 14.4 Å². The van der Waals surface area contributed by atoms with Gasteiger partial charge in [-0.2, -0.15) is 5.11 Å². The summed E-state index contributed by atoms with van der Waals surface area (Å²) in [5, 5.41) is 12.5. The summed E-state index contributed by atoms with van der Waals surface area (Å²) in [6, 6.07) is 6.19. The Morgan fingerprint density at radius 3 is 2.81 bits per heavy atom. The van der Waals surface area contributed by atoms with E-state index in [0.717, 1.165) is 5.56 Å². The van der Waals surface area contributed by atoms with Crippen molar-refractivity contribution in [3.63, 3.8) is 0 Å². The molecule has 1 aromatic rings. The van der Waals surface area contributed by atoms with Gasteiger partial charge < -0.3 is 10.2 Å². The molecule has 2 N–H and O–H groups in total. The molecular formula is C17H17N5O4. The molecular weight excluding hydrogens is 338 g/mol. The van der Waals surface area contributed by atoms with Gasteiger partial charge in [-0.05, 0) is 12.1 Å². The minimum absolute atomic E-state index is 0.0937. The number of rotatable bonds is 5. The Morgan fingerprint density at radius 1 is 1.27 bits per heavy atom. The molecule has 0 saturated carbocycles. The highest BCUT2D eigenvalue weighted by Gasteiger charge is 2.23. The maximum atomic E-state index is 12.3. The molecule has 26 heavy (non-hydrogen) atoms. The third kappa shape index (κ3) is 4.18. The smallest absolute Gasteiger partial charge is 0.324 e. The van der Waals surface area contributed by atoms with Crippen LogP contribution in [-0.4, -0.2) is 41.7 Å². The highest BCUT2D eigenvalue weighted by molar-refractivity contribution is 5.97. The monoisotopic (exact) mass is 355 g/mol. The molecule has 1 fully saturated rings. The van der Waals surface area contributed by atoms with Gasteiger partial charge in [0.05, 0.1) is 0 Å². The van der Waals surface area contributed by atoms with Crippen molar-refractivity contribution < 1.29 is 19.2 Å². The number of imide groups is 1. The second-order valence-corrected chi connectivity index (χ2v) is 5.83. The largest absolute Gasteiger partial charge is 0.326 e. The molecule has 0 aromatic heterocycles. The first-order valence-electron chi connectivity index (χ1n) is 8.13. The minimum atomic E-state index is -0.480. The van der Waals surface area contributed by atoms with Gasteiger partial charge in [-0.3, -0.25) is 19.7 Å². The average Bonchev–Trinajstić information content (AvgIpc) is 2.62. The molecule has 5 amide bonds. The van der Waals surface area contributed by atoms with E-state index in [1.165, 1.54) is 11.0 Å². The Bertz CT molecular complexity index is 801. The van der Waals surface area contributed by atoms with Crippen molar-refractivity contribution in [2.24, 2.45) is 10.2 Å². The summed E-state index contributed by atoms with van der Waals surface area (Å²) in [6.07, 6.45) is 3.28. The van der Waals surface area contributed by atoms with E-state index >= 15 is 0 Å². The zero-order chi connectivity index (χ0) is 18.5. The lowest BCUT2D eigenvalue weighted by atomic mass is 10.0. The fraction of sp³-hybridized carbons (Fsp3) is 0.294. The lowest BCUT2D eigenvalue weighted by molar-refractivity contribution is -0.121. The van der Waals surface area contributed by atoms with Gasteiger partial charge in [-0.25, -0.2) is 4.79 Å². The minimum Gasteiger partial charge on any atom is -0.326 e. The van der Waals surface area contributed by atoms with E-state index in [1.807, 2.05) is 0 Å². The molecule has 1 atom stereocenters. The molecule has 9 heteroatoms. The van der Waals surface area contributed by atoms with E-state index in [4.69, 9.17) is 0 Å². The number of urea groups is 1. The molecule has 0 spiro atoms. The van der Waals surface area contributed by atoms with E-state index in [-0.39, 0.29) is 31.2 Å². The van der Waals surface area contributed by atoms with Crippen LogP contribution in [0, 0.1) is 0 Å². The number of hydrogen-bond acceptors (Lipinski definition) is 5. The average molecular weight is 355 g/mol. The molecule has 1 unspecified atom stereocenters. The Morgan fingerprint density at radius 2 is 2.08 bits per heavy atom. The van der Waals surface area contributed by atoms with Crippen LogP contribution in [0.2, 0.25) is 0 Å². The van der Waals surface area contributed by atoms with E-state index in [2.05, 4.69) is 20.9 Å². The number of para-hydroxylation sites is 1. The molecule has 1 aromatic carbocycles. The van der Waals surface area contributed by atoms with Gasteiger partial charge in [0, 0.05) is 43.3 Å². The first kappa shape index (κ1) is 17.5. The third-order valence-corrected chi connectivity index (χ3v) is 4.01. The maximum Gasteiger partial charge on any atom is 0.324 e. The summed E-state index contributed by atoms with van der Waals surface area (Å²) in [6.45, 7) is 0.514. The number of benzene rings is 1. The topological polar surface area (TPSA) is 120 Å². The van der Waals surface area contributed by atoms with Gasteiger partial charge in [0.25, 0.3) is 5.91 Å². The molecule has 2 aliphatic heterocycles. The van der Waals surface area contributed by atoms with Crippen molar-refractivity contribution in [3.8, 4) is 0 Å². The fourth-order valence-corrected chi connectivity index (χ4v) is 2.66. The predicted molar refractivity (Wildman–Crippen MR) is 91.2 cm³/mol. The Hall–Kier alpha value is -3.36. The van der Waals surface area contributed by atoms with Gasteiger partial charge in [0.1, 0.15) is 6.04 Å². The van der Waals surface area contributed by atoms with Gasteiger partial charge in [0.2, 0.25) is 11.8 Å². The van der Waals surface area contributed by atoms with Crippen molar-refractivity contribution in [2.75, 3.05) is 18.4 Å². The number of hydrogen-bond donors (Lipinski definition) is 2. The number of anilines is 1. The zero-order valence-electron chi connectivity index (χ0n) is 13.8. The number of amides is 5. The maximum absolute atomic E-state index is 12.3.